The molecular weight excluding hydrogens is 484 g/mol. The number of H-pyrrole nitrogens is 1. The first-order chi connectivity index (χ1) is 17.7. The Labute approximate surface area is 213 Å². The second-order valence-corrected chi connectivity index (χ2v) is 7.53. The summed E-state index contributed by atoms with van der Waals surface area (Å²) >= 11 is 0. The molecule has 0 aliphatic carbocycles. The van der Waals surface area contributed by atoms with Gasteiger partial charge in [0.2, 0.25) is 6.79 Å². The number of hydrogen-bond donors (Lipinski definition) is 4. The molecule has 0 radical (unpaired) electrons. The molecule has 0 saturated carbocycles. The number of rotatable bonds is 9. The number of esters is 1. The highest BCUT2D eigenvalue weighted by atomic mass is 16.7. The van der Waals surface area contributed by atoms with E-state index >= 15 is 0 Å². The van der Waals surface area contributed by atoms with Crippen molar-refractivity contribution in [3.05, 3.63) is 52.3 Å². The Kier molecular flexibility index (Phi) is 10.5. The number of ether oxygens (including phenoxy) is 2. The van der Waals surface area contributed by atoms with E-state index in [0.29, 0.717) is 29.1 Å². The largest absolute Gasteiger partial charge is 0.426 e. The number of aliphatic hydroxyl groups excluding tert-OH is 1. The highest BCUT2D eigenvalue weighted by molar-refractivity contribution is 6.09. The minimum Gasteiger partial charge on any atom is -0.426 e. The van der Waals surface area contributed by atoms with Gasteiger partial charge in [0.25, 0.3) is 11.8 Å². The van der Waals surface area contributed by atoms with Gasteiger partial charge in [0.1, 0.15) is 6.61 Å². The number of benzene rings is 1. The number of aromatic amines is 1. The van der Waals surface area contributed by atoms with Gasteiger partial charge >= 0.3 is 12.1 Å². The lowest BCUT2D eigenvalue weighted by atomic mass is 10.1. The molecule has 0 aliphatic heterocycles. The van der Waals surface area contributed by atoms with Gasteiger partial charge in [-0.2, -0.15) is 0 Å². The number of carbonyl (C=O) groups is 4. The van der Waals surface area contributed by atoms with E-state index in [1.807, 2.05) is 13.8 Å². The molecule has 13 nitrogen and oxygen atoms in total. The molecule has 198 valence electrons. The third-order valence-corrected chi connectivity index (χ3v) is 5.14. The number of amides is 3. The summed E-state index contributed by atoms with van der Waals surface area (Å²) in [6, 6.07) is 5.06. The minimum absolute atomic E-state index is 0.0285. The number of aryl methyl sites for hydroxylation is 1. The smallest absolute Gasteiger partial charge is 0.419 e. The monoisotopic (exact) mass is 514 g/mol. The fourth-order valence-electron chi connectivity index (χ4n) is 3.19. The zero-order valence-electron chi connectivity index (χ0n) is 21.0. The van der Waals surface area contributed by atoms with Gasteiger partial charge in [-0.1, -0.05) is 6.07 Å². The summed E-state index contributed by atoms with van der Waals surface area (Å²) in [5, 5.41) is 11.4. The molecule has 3 amide bonds. The third kappa shape index (κ3) is 7.24. The predicted octanol–water partition coefficient (Wildman–Crippen LogP) is 1.54. The topological polar surface area (TPSA) is 189 Å². The van der Waals surface area contributed by atoms with E-state index in [4.69, 9.17) is 15.6 Å². The highest BCUT2D eigenvalue weighted by Crippen LogP contribution is 2.24. The minimum atomic E-state index is -1.04. The van der Waals surface area contributed by atoms with Crippen molar-refractivity contribution in [3.63, 3.8) is 0 Å². The Morgan fingerprint density at radius 3 is 2.54 bits per heavy atom. The first-order valence-corrected chi connectivity index (χ1v) is 11.3. The van der Waals surface area contributed by atoms with Crippen LogP contribution in [0.2, 0.25) is 0 Å². The molecule has 1 aromatic carbocycles. The Balaban J connectivity index is 2.37. The summed E-state index contributed by atoms with van der Waals surface area (Å²) in [5.41, 5.74) is 8.17. The van der Waals surface area contributed by atoms with E-state index in [2.05, 4.69) is 25.0 Å². The zero-order valence-corrected chi connectivity index (χ0v) is 21.0. The van der Waals surface area contributed by atoms with E-state index < -0.39 is 31.4 Å². The van der Waals surface area contributed by atoms with Crippen LogP contribution in [0.15, 0.2) is 34.4 Å². The van der Waals surface area contributed by atoms with Crippen molar-refractivity contribution in [1.82, 2.24) is 15.2 Å². The van der Waals surface area contributed by atoms with Crippen molar-refractivity contribution >= 4 is 41.7 Å². The van der Waals surface area contributed by atoms with Gasteiger partial charge in [-0.15, -0.1) is 0 Å². The number of imide groups is 1. The lowest BCUT2D eigenvalue weighted by molar-refractivity contribution is -0.155. The van der Waals surface area contributed by atoms with Crippen LogP contribution >= 0.6 is 0 Å². The number of nitrogens with two attached hydrogens (primary N) is 1. The number of nitrogens with zero attached hydrogens (tertiary/aromatic N) is 3. The third-order valence-electron chi connectivity index (χ3n) is 5.14. The molecule has 5 N–H and O–H groups in total. The fourth-order valence-corrected chi connectivity index (χ4v) is 3.19. The predicted molar refractivity (Wildman–Crippen MR) is 135 cm³/mol. The molecule has 0 saturated heterocycles. The fraction of sp³-hybridized carbons (Fsp3) is 0.333. The lowest BCUT2D eigenvalue weighted by Gasteiger charge is -2.18. The molecule has 1 aromatic heterocycles. The molecule has 2 rings (SSSR count). The van der Waals surface area contributed by atoms with Gasteiger partial charge < -0.3 is 30.6 Å². The number of amidine groups is 1. The lowest BCUT2D eigenvalue weighted by Crippen LogP contribution is -2.38. The SMILES string of the molecule is CCNC(=O)c1ccc(C)c(N=C(N=CN)c2[nH]cc(C(=O)N(CC)C(=O)OCOC(=O)CO)c2C)c1. The van der Waals surface area contributed by atoms with Crippen LogP contribution < -0.4 is 11.1 Å². The molecule has 0 atom stereocenters. The number of nitrogens with one attached hydrogen (secondary N) is 2. The van der Waals surface area contributed by atoms with Crippen molar-refractivity contribution < 1.29 is 33.8 Å². The Morgan fingerprint density at radius 1 is 1.19 bits per heavy atom. The molecule has 37 heavy (non-hydrogen) atoms. The van der Waals surface area contributed by atoms with Crippen LogP contribution in [0, 0.1) is 13.8 Å². The van der Waals surface area contributed by atoms with Crippen LogP contribution in [0.1, 0.15) is 51.4 Å². The standard InChI is InChI=1S/C24H30N6O7/c1-5-26-22(33)16-8-7-14(3)18(9-16)29-21(28-12-25)20-15(4)17(10-27-20)23(34)30(6-2)24(35)37-13-36-19(32)11-31/h7-10,12,27,31H,5-6,11,13H2,1-4H3,(H,26,33)(H2,25,28,29). The Bertz CT molecular complexity index is 1220. The van der Waals surface area contributed by atoms with E-state index in [9.17, 15) is 19.2 Å². The van der Waals surface area contributed by atoms with Gasteiger partial charge in [0, 0.05) is 24.8 Å². The average Bonchev–Trinajstić information content (AvgIpc) is 3.26. The van der Waals surface area contributed by atoms with Gasteiger partial charge in [-0.3, -0.25) is 9.59 Å². The van der Waals surface area contributed by atoms with Gasteiger partial charge in [-0.05, 0) is 51.0 Å². The van der Waals surface area contributed by atoms with E-state index in [-0.39, 0.29) is 23.9 Å². The summed E-state index contributed by atoms with van der Waals surface area (Å²) in [6.07, 6.45) is 1.41. The zero-order chi connectivity index (χ0) is 27.5. The van der Waals surface area contributed by atoms with Crippen molar-refractivity contribution in [3.8, 4) is 0 Å². The highest BCUT2D eigenvalue weighted by Gasteiger charge is 2.27. The van der Waals surface area contributed by atoms with E-state index in [1.165, 1.54) is 6.20 Å². The maximum atomic E-state index is 13.1. The van der Waals surface area contributed by atoms with Gasteiger partial charge in [0.05, 0.1) is 23.3 Å². The number of carbonyl (C=O) groups excluding carboxylic acids is 4. The van der Waals surface area contributed by atoms with E-state index in [1.54, 1.807) is 32.0 Å². The van der Waals surface area contributed by atoms with Gasteiger partial charge in [-0.25, -0.2) is 24.5 Å². The summed E-state index contributed by atoms with van der Waals surface area (Å²) in [6.45, 7) is 5.67. The summed E-state index contributed by atoms with van der Waals surface area (Å²) in [4.78, 5) is 61.1. The molecule has 2 aromatic rings. The van der Waals surface area contributed by atoms with Crippen molar-refractivity contribution in [2.24, 2.45) is 15.7 Å². The summed E-state index contributed by atoms with van der Waals surface area (Å²) < 4.78 is 9.27. The summed E-state index contributed by atoms with van der Waals surface area (Å²) in [5.74, 6) is -1.75. The quantitative estimate of drug-likeness (QED) is 0.168. The number of aliphatic imine (C=N–C) groups is 2. The maximum absolute atomic E-state index is 13.1. The first-order valence-electron chi connectivity index (χ1n) is 11.3. The van der Waals surface area contributed by atoms with Crippen molar-refractivity contribution in [2.75, 3.05) is 26.5 Å². The molecule has 0 unspecified atom stereocenters. The van der Waals surface area contributed by atoms with Crippen LogP contribution in [0.3, 0.4) is 0 Å². The molecular formula is C24H30N6O7. The maximum Gasteiger partial charge on any atom is 0.419 e. The molecule has 13 heteroatoms. The molecule has 0 bridgehead atoms. The van der Waals surface area contributed by atoms with Crippen molar-refractivity contribution in [1.29, 1.82) is 0 Å². The average molecular weight is 515 g/mol. The Hall–Kier alpha value is -4.52. The number of hydrogen-bond acceptors (Lipinski definition) is 8. The Morgan fingerprint density at radius 2 is 1.92 bits per heavy atom. The number of aromatic nitrogens is 1. The molecule has 1 heterocycles. The van der Waals surface area contributed by atoms with Crippen LogP contribution in [-0.2, 0) is 14.3 Å². The molecule has 0 aliphatic rings. The van der Waals surface area contributed by atoms with Crippen LogP contribution in [-0.4, -0.2) is 77.5 Å². The second-order valence-electron chi connectivity index (χ2n) is 7.53. The van der Waals surface area contributed by atoms with Crippen molar-refractivity contribution in [2.45, 2.75) is 27.7 Å². The van der Waals surface area contributed by atoms with Crippen LogP contribution in [0.25, 0.3) is 0 Å². The van der Waals surface area contributed by atoms with Gasteiger partial charge in [0.15, 0.2) is 5.84 Å². The normalized spacial score (nSPS) is 11.3. The number of aliphatic hydroxyl groups is 1. The summed E-state index contributed by atoms with van der Waals surface area (Å²) in [7, 11) is 0. The van der Waals surface area contributed by atoms with Crippen LogP contribution in [0.5, 0.6) is 0 Å². The molecule has 0 fully saturated rings. The second kappa shape index (κ2) is 13.5. The van der Waals surface area contributed by atoms with E-state index in [0.717, 1.165) is 16.8 Å². The van der Waals surface area contributed by atoms with Crippen LogP contribution in [0.4, 0.5) is 10.5 Å². The molecule has 0 spiro atoms. The first kappa shape index (κ1) is 28.7.